The minimum Gasteiger partial charge on any atom is -0.453 e. The molecule has 0 aromatic heterocycles. The molecule has 2 fully saturated rings. The van der Waals surface area contributed by atoms with Crippen LogP contribution in [0.2, 0.25) is 0 Å². The molecule has 32 heavy (non-hydrogen) atoms. The van der Waals surface area contributed by atoms with Crippen LogP contribution in [0.4, 0.5) is 10.5 Å². The van der Waals surface area contributed by atoms with Gasteiger partial charge in [0.25, 0.3) is 0 Å². The molecular formula is C23H38IN5O3. The number of anilines is 1. The number of aliphatic hydroxyl groups is 1. The molecule has 8 nitrogen and oxygen atoms in total. The molecular weight excluding hydrogens is 521 g/mol. The van der Waals surface area contributed by atoms with E-state index in [-0.39, 0.29) is 30.1 Å². The fourth-order valence-electron chi connectivity index (χ4n) is 4.21. The van der Waals surface area contributed by atoms with Crippen molar-refractivity contribution in [2.45, 2.75) is 45.2 Å². The number of hydrogen-bond acceptors (Lipinski definition) is 5. The number of carbonyl (C=O) groups excluding carboxylic acids is 1. The Balaban J connectivity index is 0.00000363. The Hall–Kier alpha value is -1.75. The zero-order valence-corrected chi connectivity index (χ0v) is 21.6. The summed E-state index contributed by atoms with van der Waals surface area (Å²) in [5.41, 5.74) is 2.42. The maximum absolute atomic E-state index is 11.6. The molecule has 1 aromatic carbocycles. The molecule has 0 unspecified atom stereocenters. The molecule has 1 amide bonds. The molecule has 3 N–H and O–H groups in total. The van der Waals surface area contributed by atoms with E-state index >= 15 is 0 Å². The Morgan fingerprint density at radius 3 is 2.34 bits per heavy atom. The van der Waals surface area contributed by atoms with Crippen LogP contribution in [0.5, 0.6) is 0 Å². The van der Waals surface area contributed by atoms with E-state index in [0.717, 1.165) is 51.3 Å². The molecule has 2 heterocycles. The number of nitrogens with zero attached hydrogens (tertiary/aromatic N) is 3. The van der Waals surface area contributed by atoms with Crippen molar-refractivity contribution in [2.75, 3.05) is 51.3 Å². The first-order chi connectivity index (χ1) is 15.1. The van der Waals surface area contributed by atoms with Gasteiger partial charge < -0.3 is 30.3 Å². The summed E-state index contributed by atoms with van der Waals surface area (Å²) in [5, 5.41) is 16.1. The van der Waals surface area contributed by atoms with E-state index in [1.54, 1.807) is 4.90 Å². The van der Waals surface area contributed by atoms with Crippen LogP contribution in [0, 0.1) is 5.92 Å². The lowest BCUT2D eigenvalue weighted by Gasteiger charge is -2.33. The van der Waals surface area contributed by atoms with Crippen molar-refractivity contribution in [3.05, 3.63) is 29.8 Å². The van der Waals surface area contributed by atoms with Crippen molar-refractivity contribution in [3.63, 3.8) is 0 Å². The van der Waals surface area contributed by atoms with E-state index < -0.39 is 0 Å². The van der Waals surface area contributed by atoms with Crippen LogP contribution in [-0.2, 0) is 11.3 Å². The molecule has 2 saturated heterocycles. The number of ether oxygens (including phenoxy) is 1. The van der Waals surface area contributed by atoms with Crippen molar-refractivity contribution in [2.24, 2.45) is 10.9 Å². The van der Waals surface area contributed by atoms with E-state index in [9.17, 15) is 9.90 Å². The van der Waals surface area contributed by atoms with Gasteiger partial charge in [-0.1, -0.05) is 12.1 Å². The van der Waals surface area contributed by atoms with Gasteiger partial charge in [0.1, 0.15) is 0 Å². The molecule has 0 atom stereocenters. The minimum absolute atomic E-state index is 0. The first-order valence-corrected chi connectivity index (χ1v) is 11.5. The molecule has 1 aromatic rings. The van der Waals surface area contributed by atoms with E-state index in [2.05, 4.69) is 46.7 Å². The molecule has 0 saturated carbocycles. The van der Waals surface area contributed by atoms with Gasteiger partial charge in [-0.15, -0.1) is 24.0 Å². The highest BCUT2D eigenvalue weighted by molar-refractivity contribution is 14.0. The zero-order valence-electron chi connectivity index (χ0n) is 19.3. The normalized spacial score (nSPS) is 18.2. The van der Waals surface area contributed by atoms with Crippen molar-refractivity contribution in [1.29, 1.82) is 0 Å². The number of aliphatic imine (C=N–C) groups is 1. The van der Waals surface area contributed by atoms with E-state index in [4.69, 9.17) is 9.73 Å². The number of aliphatic hydroxyl groups excluding tert-OH is 1. The van der Waals surface area contributed by atoms with Crippen molar-refractivity contribution < 1.29 is 14.6 Å². The molecule has 2 aliphatic rings. The molecule has 180 valence electrons. The van der Waals surface area contributed by atoms with Gasteiger partial charge in [-0.3, -0.25) is 0 Å². The zero-order chi connectivity index (χ0) is 22.1. The highest BCUT2D eigenvalue weighted by atomic mass is 127. The second kappa shape index (κ2) is 13.7. The number of nitrogens with one attached hydrogen (secondary N) is 2. The van der Waals surface area contributed by atoms with Crippen LogP contribution in [-0.4, -0.2) is 74.5 Å². The van der Waals surface area contributed by atoms with Crippen molar-refractivity contribution in [3.8, 4) is 0 Å². The fraction of sp³-hybridized carbons (Fsp3) is 0.652. The number of hydrogen-bond donors (Lipinski definition) is 3. The quantitative estimate of drug-likeness (QED) is 0.282. The Morgan fingerprint density at radius 1 is 1.12 bits per heavy atom. The predicted octanol–water partition coefficient (Wildman–Crippen LogP) is 2.80. The van der Waals surface area contributed by atoms with E-state index in [1.165, 1.54) is 18.4 Å². The summed E-state index contributed by atoms with van der Waals surface area (Å²) in [6, 6.07) is 8.94. The van der Waals surface area contributed by atoms with Crippen LogP contribution in [0.15, 0.2) is 29.3 Å². The number of rotatable bonds is 6. The predicted molar refractivity (Wildman–Crippen MR) is 139 cm³/mol. The highest BCUT2D eigenvalue weighted by Crippen LogP contribution is 2.23. The molecule has 0 bridgehead atoms. The van der Waals surface area contributed by atoms with Gasteiger partial charge in [0.05, 0.1) is 13.7 Å². The SMILES string of the molecule is CCNC(=NCc1ccc(N2CCC(CO)CC2)cc1)NC1CCN(C(=O)OC)CC1.I. The van der Waals surface area contributed by atoms with E-state index in [0.29, 0.717) is 38.2 Å². The summed E-state index contributed by atoms with van der Waals surface area (Å²) in [5.74, 6) is 1.27. The van der Waals surface area contributed by atoms with Gasteiger partial charge in [0.15, 0.2) is 5.96 Å². The monoisotopic (exact) mass is 559 g/mol. The minimum atomic E-state index is -0.250. The Bertz CT molecular complexity index is 715. The summed E-state index contributed by atoms with van der Waals surface area (Å²) in [6.45, 7) is 7.18. The van der Waals surface area contributed by atoms with Crippen LogP contribution in [0.25, 0.3) is 0 Å². The third kappa shape index (κ3) is 7.68. The maximum atomic E-state index is 11.6. The van der Waals surface area contributed by atoms with Gasteiger partial charge in [-0.25, -0.2) is 9.79 Å². The number of benzene rings is 1. The van der Waals surface area contributed by atoms with Crippen molar-refractivity contribution >= 4 is 41.7 Å². The number of methoxy groups -OCH3 is 1. The first-order valence-electron chi connectivity index (χ1n) is 11.5. The van der Waals surface area contributed by atoms with Gasteiger partial charge in [-0.05, 0) is 56.2 Å². The van der Waals surface area contributed by atoms with E-state index in [1.807, 2.05) is 0 Å². The molecule has 2 aliphatic heterocycles. The smallest absolute Gasteiger partial charge is 0.409 e. The summed E-state index contributed by atoms with van der Waals surface area (Å²) < 4.78 is 4.81. The van der Waals surface area contributed by atoms with Gasteiger partial charge in [0, 0.05) is 51.1 Å². The molecule has 0 radical (unpaired) electrons. The maximum Gasteiger partial charge on any atom is 0.409 e. The second-order valence-electron chi connectivity index (χ2n) is 8.35. The third-order valence-electron chi connectivity index (χ3n) is 6.21. The Kier molecular flexibility index (Phi) is 11.4. The number of halogens is 1. The number of carbonyl (C=O) groups is 1. The average Bonchev–Trinajstić information content (AvgIpc) is 2.83. The fourth-order valence-corrected chi connectivity index (χ4v) is 4.21. The molecule has 0 aliphatic carbocycles. The Labute approximate surface area is 208 Å². The highest BCUT2D eigenvalue weighted by Gasteiger charge is 2.23. The van der Waals surface area contributed by atoms with Crippen LogP contribution >= 0.6 is 24.0 Å². The van der Waals surface area contributed by atoms with Gasteiger partial charge >= 0.3 is 6.09 Å². The van der Waals surface area contributed by atoms with Crippen LogP contribution < -0.4 is 15.5 Å². The number of likely N-dealkylation sites (tertiary alicyclic amines) is 1. The van der Waals surface area contributed by atoms with Gasteiger partial charge in [0.2, 0.25) is 0 Å². The summed E-state index contributed by atoms with van der Waals surface area (Å²) in [7, 11) is 1.42. The standard InChI is InChI=1S/C23H37N5O3.HI/c1-3-24-22(26-20-10-14-28(15-11-20)23(30)31-2)25-16-18-4-6-21(7-5-18)27-12-8-19(17-29)9-13-27;/h4-7,19-20,29H,3,8-17H2,1-2H3,(H2,24,25,26);1H. The largest absolute Gasteiger partial charge is 0.453 e. The first kappa shape index (κ1) is 26.5. The number of guanidine groups is 1. The third-order valence-corrected chi connectivity index (χ3v) is 6.21. The van der Waals surface area contributed by atoms with Crippen LogP contribution in [0.1, 0.15) is 38.2 Å². The summed E-state index contributed by atoms with van der Waals surface area (Å²) >= 11 is 0. The number of amides is 1. The topological polar surface area (TPSA) is 89.4 Å². The molecule has 0 spiro atoms. The average molecular weight is 559 g/mol. The van der Waals surface area contributed by atoms with Gasteiger partial charge in [-0.2, -0.15) is 0 Å². The lowest BCUT2D eigenvalue weighted by atomic mass is 9.97. The number of piperidine rings is 2. The molecule has 9 heteroatoms. The Morgan fingerprint density at radius 2 is 1.78 bits per heavy atom. The lowest BCUT2D eigenvalue weighted by molar-refractivity contribution is 0.111. The molecule has 3 rings (SSSR count). The summed E-state index contributed by atoms with van der Waals surface area (Å²) in [6.07, 6.45) is 3.61. The van der Waals surface area contributed by atoms with Crippen LogP contribution in [0.3, 0.4) is 0 Å². The lowest BCUT2D eigenvalue weighted by Crippen LogP contribution is -2.49. The van der Waals surface area contributed by atoms with Crippen molar-refractivity contribution in [1.82, 2.24) is 15.5 Å². The second-order valence-corrected chi connectivity index (χ2v) is 8.35. The summed E-state index contributed by atoms with van der Waals surface area (Å²) in [4.78, 5) is 20.5.